The molecule has 1 unspecified atom stereocenters. The van der Waals surface area contributed by atoms with Gasteiger partial charge in [0, 0.05) is 24.2 Å². The third-order valence-corrected chi connectivity index (χ3v) is 2.42. The van der Waals surface area contributed by atoms with E-state index in [-0.39, 0.29) is 11.6 Å². The highest BCUT2D eigenvalue weighted by atomic mass is 19.1. The number of carbonyl (C=O) groups is 1. The third-order valence-electron chi connectivity index (χ3n) is 2.42. The number of non-ortho nitro benzene ring substituents is 1. The summed E-state index contributed by atoms with van der Waals surface area (Å²) in [5, 5.41) is 16.0. The first kappa shape index (κ1) is 14.0. The molecule has 0 aromatic heterocycles. The summed E-state index contributed by atoms with van der Waals surface area (Å²) < 4.78 is 13.1. The second-order valence-corrected chi connectivity index (χ2v) is 3.85. The molecule has 0 aliphatic rings. The van der Waals surface area contributed by atoms with Crippen LogP contribution < -0.4 is 10.6 Å². The van der Waals surface area contributed by atoms with Crippen LogP contribution in [0.5, 0.6) is 0 Å². The van der Waals surface area contributed by atoms with E-state index in [1.54, 1.807) is 7.05 Å². The van der Waals surface area contributed by atoms with Crippen molar-refractivity contribution in [1.29, 1.82) is 0 Å². The molecule has 0 aliphatic carbocycles. The molecule has 98 valence electrons. The summed E-state index contributed by atoms with van der Waals surface area (Å²) >= 11 is 0. The van der Waals surface area contributed by atoms with Crippen molar-refractivity contribution in [2.45, 2.75) is 13.0 Å². The number of nitrogens with one attached hydrogen (secondary N) is 2. The number of likely N-dealkylation sites (N-methyl/N-ethyl adjacent to an activating group) is 1. The van der Waals surface area contributed by atoms with Crippen LogP contribution in [0.15, 0.2) is 18.2 Å². The normalized spacial score (nSPS) is 11.9. The number of nitro benzene ring substituents is 1. The Bertz CT molecular complexity index is 465. The number of nitro groups is 1. The number of carbonyl (C=O) groups excluding carboxylic acids is 1. The second kappa shape index (κ2) is 6.06. The van der Waals surface area contributed by atoms with Crippen LogP contribution in [0.4, 0.5) is 10.1 Å². The van der Waals surface area contributed by atoms with Crippen LogP contribution in [0.1, 0.15) is 17.3 Å². The molecule has 0 aliphatic heterocycles. The lowest BCUT2D eigenvalue weighted by Crippen LogP contribution is -2.37. The van der Waals surface area contributed by atoms with Gasteiger partial charge in [0.1, 0.15) is 5.82 Å². The molecule has 1 atom stereocenters. The lowest BCUT2D eigenvalue weighted by molar-refractivity contribution is -0.385. The minimum Gasteiger partial charge on any atom is -0.350 e. The fraction of sp³-hybridized carbons (Fsp3) is 0.364. The highest BCUT2D eigenvalue weighted by molar-refractivity contribution is 5.94. The Kier molecular flexibility index (Phi) is 4.73. The van der Waals surface area contributed by atoms with Gasteiger partial charge in [-0.3, -0.25) is 14.9 Å². The zero-order chi connectivity index (χ0) is 13.7. The number of hydrogen-bond donors (Lipinski definition) is 2. The molecule has 0 saturated heterocycles. The predicted molar refractivity (Wildman–Crippen MR) is 63.9 cm³/mol. The maximum Gasteiger partial charge on any atom is 0.273 e. The van der Waals surface area contributed by atoms with Crippen molar-refractivity contribution in [3.63, 3.8) is 0 Å². The van der Waals surface area contributed by atoms with Gasteiger partial charge in [0.15, 0.2) is 0 Å². The van der Waals surface area contributed by atoms with Crippen LogP contribution in [0.25, 0.3) is 0 Å². The Hall–Kier alpha value is -2.02. The molecule has 0 heterocycles. The molecular weight excluding hydrogens is 241 g/mol. The molecule has 0 fully saturated rings. The van der Waals surface area contributed by atoms with Crippen LogP contribution in [-0.4, -0.2) is 30.5 Å². The van der Waals surface area contributed by atoms with Crippen LogP contribution in [0.3, 0.4) is 0 Å². The lowest BCUT2D eigenvalue weighted by Gasteiger charge is -2.11. The molecule has 0 spiro atoms. The Balaban J connectivity index is 2.82. The highest BCUT2D eigenvalue weighted by Gasteiger charge is 2.14. The fourth-order valence-corrected chi connectivity index (χ4v) is 1.26. The van der Waals surface area contributed by atoms with Gasteiger partial charge < -0.3 is 10.6 Å². The number of benzene rings is 1. The smallest absolute Gasteiger partial charge is 0.273 e. The van der Waals surface area contributed by atoms with Crippen molar-refractivity contribution in [2.24, 2.45) is 0 Å². The van der Waals surface area contributed by atoms with Gasteiger partial charge in [0.25, 0.3) is 11.6 Å². The maximum absolute atomic E-state index is 13.1. The molecule has 6 nitrogen and oxygen atoms in total. The molecule has 1 amide bonds. The number of halogens is 1. The Labute approximate surface area is 103 Å². The Morgan fingerprint density at radius 1 is 1.50 bits per heavy atom. The van der Waals surface area contributed by atoms with E-state index in [0.717, 1.165) is 18.2 Å². The monoisotopic (exact) mass is 255 g/mol. The number of nitrogens with zero attached hydrogens (tertiary/aromatic N) is 1. The lowest BCUT2D eigenvalue weighted by atomic mass is 10.2. The molecule has 1 rings (SSSR count). The van der Waals surface area contributed by atoms with Crippen LogP contribution in [0, 0.1) is 15.9 Å². The minimum atomic E-state index is -0.809. The quantitative estimate of drug-likeness (QED) is 0.609. The molecule has 0 radical (unpaired) electrons. The van der Waals surface area contributed by atoms with E-state index in [9.17, 15) is 19.3 Å². The summed E-state index contributed by atoms with van der Waals surface area (Å²) in [6.07, 6.45) is 0. The van der Waals surface area contributed by atoms with Gasteiger partial charge >= 0.3 is 0 Å². The van der Waals surface area contributed by atoms with E-state index in [4.69, 9.17) is 0 Å². The summed E-state index contributed by atoms with van der Waals surface area (Å²) in [5.41, 5.74) is -0.508. The van der Waals surface area contributed by atoms with Gasteiger partial charge in [-0.05, 0) is 20.0 Å². The van der Waals surface area contributed by atoms with E-state index in [0.29, 0.717) is 6.54 Å². The number of rotatable bonds is 5. The average Bonchev–Trinajstić information content (AvgIpc) is 2.34. The topological polar surface area (TPSA) is 84.3 Å². The highest BCUT2D eigenvalue weighted by Crippen LogP contribution is 2.16. The molecule has 0 saturated carbocycles. The zero-order valence-corrected chi connectivity index (χ0v) is 10.1. The van der Waals surface area contributed by atoms with E-state index in [1.807, 2.05) is 6.92 Å². The summed E-state index contributed by atoms with van der Waals surface area (Å²) in [6, 6.07) is 2.83. The molecule has 2 N–H and O–H groups in total. The van der Waals surface area contributed by atoms with Gasteiger partial charge in [-0.25, -0.2) is 4.39 Å². The van der Waals surface area contributed by atoms with Crippen molar-refractivity contribution in [3.8, 4) is 0 Å². The van der Waals surface area contributed by atoms with Gasteiger partial charge in [0.2, 0.25) is 0 Å². The van der Waals surface area contributed by atoms with Crippen molar-refractivity contribution >= 4 is 11.6 Å². The van der Waals surface area contributed by atoms with E-state index in [1.165, 1.54) is 0 Å². The van der Waals surface area contributed by atoms with Crippen LogP contribution in [0.2, 0.25) is 0 Å². The summed E-state index contributed by atoms with van der Waals surface area (Å²) in [4.78, 5) is 21.5. The van der Waals surface area contributed by atoms with Crippen molar-refractivity contribution in [1.82, 2.24) is 10.6 Å². The van der Waals surface area contributed by atoms with E-state index < -0.39 is 22.3 Å². The number of amides is 1. The van der Waals surface area contributed by atoms with Gasteiger partial charge in [-0.2, -0.15) is 0 Å². The number of hydrogen-bond acceptors (Lipinski definition) is 4. The molecule has 1 aromatic rings. The second-order valence-electron chi connectivity index (χ2n) is 3.85. The minimum absolute atomic E-state index is 0.0532. The molecule has 7 heteroatoms. The van der Waals surface area contributed by atoms with Crippen molar-refractivity contribution in [3.05, 3.63) is 39.7 Å². The standard InChI is InChI=1S/C11H14FN3O3/c1-7(13-2)6-14-11(16)8-3-9(12)5-10(4-8)15(17)18/h3-5,7,13H,6H2,1-2H3,(H,14,16). The third kappa shape index (κ3) is 3.77. The first-order valence-corrected chi connectivity index (χ1v) is 5.34. The molecule has 18 heavy (non-hydrogen) atoms. The average molecular weight is 255 g/mol. The summed E-state index contributed by atoms with van der Waals surface area (Å²) in [7, 11) is 1.74. The SMILES string of the molecule is CNC(C)CNC(=O)c1cc(F)cc([N+](=O)[O-])c1. The van der Waals surface area contributed by atoms with Gasteiger partial charge in [-0.15, -0.1) is 0 Å². The Morgan fingerprint density at radius 3 is 2.72 bits per heavy atom. The fourth-order valence-electron chi connectivity index (χ4n) is 1.26. The maximum atomic E-state index is 13.1. The molecular formula is C11H14FN3O3. The summed E-state index contributed by atoms with van der Waals surface area (Å²) in [5.74, 6) is -1.35. The van der Waals surface area contributed by atoms with Gasteiger partial charge in [-0.1, -0.05) is 0 Å². The largest absolute Gasteiger partial charge is 0.350 e. The Morgan fingerprint density at radius 2 is 2.17 bits per heavy atom. The predicted octanol–water partition coefficient (Wildman–Crippen LogP) is 1.07. The van der Waals surface area contributed by atoms with E-state index >= 15 is 0 Å². The van der Waals surface area contributed by atoms with E-state index in [2.05, 4.69) is 10.6 Å². The zero-order valence-electron chi connectivity index (χ0n) is 10.1. The first-order chi connectivity index (χ1) is 8.43. The van der Waals surface area contributed by atoms with Gasteiger partial charge in [0.05, 0.1) is 11.0 Å². The van der Waals surface area contributed by atoms with Crippen molar-refractivity contribution < 1.29 is 14.1 Å². The van der Waals surface area contributed by atoms with Crippen molar-refractivity contribution in [2.75, 3.05) is 13.6 Å². The van der Waals surface area contributed by atoms with Crippen LogP contribution in [-0.2, 0) is 0 Å². The summed E-state index contributed by atoms with van der Waals surface area (Å²) in [6.45, 7) is 2.20. The molecule has 1 aromatic carbocycles. The first-order valence-electron chi connectivity index (χ1n) is 5.34. The molecule has 0 bridgehead atoms. The van der Waals surface area contributed by atoms with Crippen LogP contribution >= 0.6 is 0 Å².